The fraction of sp³-hybridized carbons (Fsp3) is 0.938. The molecule has 1 aliphatic heterocycles. The maximum Gasteiger partial charge on any atom is 0.326 e. The van der Waals surface area contributed by atoms with Gasteiger partial charge in [-0.25, -0.2) is 0 Å². The predicted octanol–water partition coefficient (Wildman–Crippen LogP) is 1.19. The Morgan fingerprint density at radius 3 is 2.52 bits per heavy atom. The minimum Gasteiger partial charge on any atom is -0.465 e. The zero-order valence-corrected chi connectivity index (χ0v) is 14.6. The van der Waals surface area contributed by atoms with Gasteiger partial charge in [0.25, 0.3) is 0 Å². The molecule has 0 aliphatic carbocycles. The molecule has 0 spiro atoms. The lowest BCUT2D eigenvalue weighted by Gasteiger charge is -2.30. The second kappa shape index (κ2) is 8.11. The molecule has 5 heteroatoms. The first kappa shape index (κ1) is 18.4. The van der Waals surface area contributed by atoms with Gasteiger partial charge < -0.3 is 19.9 Å². The highest BCUT2D eigenvalue weighted by Gasteiger charge is 2.36. The number of hydrogen-bond donors (Lipinski definition) is 1. The van der Waals surface area contributed by atoms with Gasteiger partial charge in [-0.3, -0.25) is 4.79 Å². The lowest BCUT2D eigenvalue weighted by molar-refractivity contribution is -0.151. The summed E-state index contributed by atoms with van der Waals surface area (Å²) in [6.07, 6.45) is 0.784. The van der Waals surface area contributed by atoms with Gasteiger partial charge in [0.1, 0.15) is 5.54 Å². The van der Waals surface area contributed by atoms with Crippen LogP contribution in [0.4, 0.5) is 0 Å². The van der Waals surface area contributed by atoms with Crippen molar-refractivity contribution in [2.75, 3.05) is 46.9 Å². The minimum absolute atomic E-state index is 0.136. The zero-order valence-electron chi connectivity index (χ0n) is 14.6. The average molecular weight is 299 g/mol. The number of nitrogens with zero attached hydrogens (tertiary/aromatic N) is 2. The lowest BCUT2D eigenvalue weighted by Crippen LogP contribution is -2.52. The molecule has 124 valence electrons. The molecule has 1 heterocycles. The number of rotatable bonds is 8. The van der Waals surface area contributed by atoms with Crippen LogP contribution in [0.1, 0.15) is 34.1 Å². The molecule has 3 atom stereocenters. The van der Waals surface area contributed by atoms with E-state index in [0.717, 1.165) is 32.6 Å². The van der Waals surface area contributed by atoms with Crippen molar-refractivity contribution in [3.05, 3.63) is 0 Å². The minimum atomic E-state index is -0.579. The third kappa shape index (κ3) is 4.94. The Kier molecular flexibility index (Phi) is 7.10. The van der Waals surface area contributed by atoms with Crippen LogP contribution in [0.3, 0.4) is 0 Å². The van der Waals surface area contributed by atoms with Crippen LogP contribution in [-0.4, -0.2) is 74.2 Å². The lowest BCUT2D eigenvalue weighted by atomic mass is 9.97. The van der Waals surface area contributed by atoms with E-state index in [1.807, 2.05) is 20.8 Å². The Bertz CT molecular complexity index is 335. The van der Waals surface area contributed by atoms with Crippen LogP contribution in [0.25, 0.3) is 0 Å². The highest BCUT2D eigenvalue weighted by Crippen LogP contribution is 2.22. The fourth-order valence-corrected chi connectivity index (χ4v) is 3.23. The first-order chi connectivity index (χ1) is 9.84. The molecule has 0 amide bonds. The van der Waals surface area contributed by atoms with Crippen LogP contribution in [-0.2, 0) is 9.53 Å². The van der Waals surface area contributed by atoms with E-state index in [-0.39, 0.29) is 5.97 Å². The Balaban J connectivity index is 2.56. The molecule has 0 radical (unpaired) electrons. The van der Waals surface area contributed by atoms with Crippen molar-refractivity contribution in [1.82, 2.24) is 15.1 Å². The summed E-state index contributed by atoms with van der Waals surface area (Å²) in [6.45, 7) is 12.5. The van der Waals surface area contributed by atoms with Crippen molar-refractivity contribution in [1.29, 1.82) is 0 Å². The van der Waals surface area contributed by atoms with Crippen LogP contribution in [0.15, 0.2) is 0 Å². The number of esters is 1. The standard InChI is InChI=1S/C16H33N3O2/c1-7-17-16(4,15(20)21-8-2)9-10-19-11-13(3)14(12-19)18(5)6/h13-14,17H,7-12H2,1-6H3. The number of hydrogen-bond acceptors (Lipinski definition) is 5. The SMILES string of the molecule is CCNC(C)(CCN1CC(C)C(N(C)C)C1)C(=O)OCC. The van der Waals surface area contributed by atoms with Crippen LogP contribution < -0.4 is 5.32 Å². The van der Waals surface area contributed by atoms with Gasteiger partial charge in [0, 0.05) is 25.7 Å². The molecular weight excluding hydrogens is 266 g/mol. The summed E-state index contributed by atoms with van der Waals surface area (Å²) in [4.78, 5) is 17.0. The molecule has 1 fully saturated rings. The number of likely N-dealkylation sites (tertiary alicyclic amines) is 1. The highest BCUT2D eigenvalue weighted by molar-refractivity contribution is 5.80. The number of ether oxygens (including phenoxy) is 1. The highest BCUT2D eigenvalue weighted by atomic mass is 16.5. The molecule has 5 nitrogen and oxygen atoms in total. The molecule has 1 saturated heterocycles. The summed E-state index contributed by atoms with van der Waals surface area (Å²) < 4.78 is 5.23. The maximum atomic E-state index is 12.2. The molecule has 21 heavy (non-hydrogen) atoms. The largest absolute Gasteiger partial charge is 0.465 e. The normalized spacial score (nSPS) is 26.0. The second-order valence-corrected chi connectivity index (χ2v) is 6.60. The van der Waals surface area contributed by atoms with Gasteiger partial charge in [-0.2, -0.15) is 0 Å². The van der Waals surface area contributed by atoms with Crippen LogP contribution in [0.2, 0.25) is 0 Å². The molecule has 3 unspecified atom stereocenters. The van der Waals surface area contributed by atoms with Crippen LogP contribution >= 0.6 is 0 Å². The van der Waals surface area contributed by atoms with Crippen molar-refractivity contribution in [2.24, 2.45) is 5.92 Å². The van der Waals surface area contributed by atoms with Crippen LogP contribution in [0, 0.1) is 5.92 Å². The van der Waals surface area contributed by atoms with Crippen molar-refractivity contribution in [3.8, 4) is 0 Å². The third-order valence-electron chi connectivity index (χ3n) is 4.53. The first-order valence-corrected chi connectivity index (χ1v) is 8.15. The van der Waals surface area contributed by atoms with Gasteiger partial charge in [0.05, 0.1) is 6.61 Å². The van der Waals surface area contributed by atoms with E-state index in [9.17, 15) is 4.79 Å². The number of likely N-dealkylation sites (N-methyl/N-ethyl adjacent to an activating group) is 2. The molecule has 1 rings (SSSR count). The van der Waals surface area contributed by atoms with E-state index in [1.165, 1.54) is 0 Å². The number of nitrogens with one attached hydrogen (secondary N) is 1. The summed E-state index contributed by atoms with van der Waals surface area (Å²) in [5.41, 5.74) is -0.579. The smallest absolute Gasteiger partial charge is 0.326 e. The van der Waals surface area contributed by atoms with Gasteiger partial charge in [-0.05, 0) is 46.8 Å². The van der Waals surface area contributed by atoms with Crippen molar-refractivity contribution in [3.63, 3.8) is 0 Å². The van der Waals surface area contributed by atoms with Gasteiger partial charge in [-0.1, -0.05) is 13.8 Å². The first-order valence-electron chi connectivity index (χ1n) is 8.15. The molecule has 1 N–H and O–H groups in total. The molecule has 0 saturated carbocycles. The third-order valence-corrected chi connectivity index (χ3v) is 4.53. The van der Waals surface area contributed by atoms with Gasteiger partial charge in [0.15, 0.2) is 0 Å². The topological polar surface area (TPSA) is 44.8 Å². The van der Waals surface area contributed by atoms with Crippen molar-refractivity contribution >= 4 is 5.97 Å². The summed E-state index contributed by atoms with van der Waals surface area (Å²) in [5.74, 6) is 0.538. The monoisotopic (exact) mass is 299 g/mol. The average Bonchev–Trinajstić information content (AvgIpc) is 2.78. The van der Waals surface area contributed by atoms with E-state index < -0.39 is 5.54 Å². The fourth-order valence-electron chi connectivity index (χ4n) is 3.23. The van der Waals surface area contributed by atoms with E-state index in [4.69, 9.17) is 4.74 Å². The number of carbonyl (C=O) groups is 1. The van der Waals surface area contributed by atoms with E-state index >= 15 is 0 Å². The Morgan fingerprint density at radius 2 is 2.05 bits per heavy atom. The summed E-state index contributed by atoms with van der Waals surface area (Å²) in [6, 6.07) is 0.609. The van der Waals surface area contributed by atoms with Gasteiger partial charge >= 0.3 is 5.97 Å². The summed E-state index contributed by atoms with van der Waals surface area (Å²) in [5, 5.41) is 3.30. The Hall–Kier alpha value is -0.650. The van der Waals surface area contributed by atoms with E-state index in [2.05, 4.69) is 36.1 Å². The molecule has 1 aliphatic rings. The van der Waals surface area contributed by atoms with Crippen molar-refractivity contribution < 1.29 is 9.53 Å². The summed E-state index contributed by atoms with van der Waals surface area (Å²) >= 11 is 0. The molecule has 0 aromatic rings. The Labute approximate surface area is 130 Å². The molecular formula is C16H33N3O2. The van der Waals surface area contributed by atoms with Gasteiger partial charge in [-0.15, -0.1) is 0 Å². The second-order valence-electron chi connectivity index (χ2n) is 6.60. The van der Waals surface area contributed by atoms with Crippen molar-refractivity contribution in [2.45, 2.75) is 45.7 Å². The summed E-state index contributed by atoms with van der Waals surface area (Å²) in [7, 11) is 4.29. The predicted molar refractivity (Wildman–Crippen MR) is 86.4 cm³/mol. The number of carbonyl (C=O) groups excluding carboxylic acids is 1. The van der Waals surface area contributed by atoms with E-state index in [0.29, 0.717) is 18.6 Å². The molecule has 0 aromatic heterocycles. The van der Waals surface area contributed by atoms with Crippen LogP contribution in [0.5, 0.6) is 0 Å². The van der Waals surface area contributed by atoms with E-state index in [1.54, 1.807) is 0 Å². The Morgan fingerprint density at radius 1 is 1.38 bits per heavy atom. The molecule has 0 aromatic carbocycles. The van der Waals surface area contributed by atoms with Gasteiger partial charge in [0.2, 0.25) is 0 Å². The quantitative estimate of drug-likeness (QED) is 0.682. The zero-order chi connectivity index (χ0) is 16.0. The molecule has 0 bridgehead atoms. The maximum absolute atomic E-state index is 12.2.